The number of hydrogen-bond acceptors (Lipinski definition) is 7. The number of aromatic nitrogens is 2. The Labute approximate surface area is 178 Å². The van der Waals surface area contributed by atoms with E-state index in [-0.39, 0.29) is 5.91 Å². The lowest BCUT2D eigenvalue weighted by molar-refractivity contribution is -0.133. The summed E-state index contributed by atoms with van der Waals surface area (Å²) in [5.74, 6) is 0.753. The van der Waals surface area contributed by atoms with E-state index in [0.717, 1.165) is 30.1 Å². The molecule has 0 bridgehead atoms. The summed E-state index contributed by atoms with van der Waals surface area (Å²) in [5, 5.41) is 5.94. The predicted octanol–water partition coefficient (Wildman–Crippen LogP) is 2.17. The van der Waals surface area contributed by atoms with Crippen molar-refractivity contribution in [2.45, 2.75) is 19.4 Å². The number of amides is 2. The van der Waals surface area contributed by atoms with Crippen LogP contribution >= 0.6 is 11.3 Å². The van der Waals surface area contributed by atoms with Gasteiger partial charge in [-0.25, -0.2) is 0 Å². The van der Waals surface area contributed by atoms with E-state index in [1.165, 1.54) is 0 Å². The number of carbonyl (C=O) groups is 2. The highest BCUT2D eigenvalue weighted by Gasteiger charge is 2.22. The zero-order valence-electron chi connectivity index (χ0n) is 16.5. The van der Waals surface area contributed by atoms with Gasteiger partial charge in [-0.2, -0.15) is 4.98 Å². The first kappa shape index (κ1) is 20.2. The van der Waals surface area contributed by atoms with Gasteiger partial charge in [-0.05, 0) is 29.1 Å². The van der Waals surface area contributed by atoms with Gasteiger partial charge < -0.3 is 15.2 Å². The molecule has 0 saturated carbocycles. The van der Waals surface area contributed by atoms with Crippen LogP contribution in [0.4, 0.5) is 0 Å². The second-order valence-electron chi connectivity index (χ2n) is 7.21. The van der Waals surface area contributed by atoms with E-state index in [9.17, 15) is 9.59 Å². The van der Waals surface area contributed by atoms with Gasteiger partial charge in [0.25, 0.3) is 0 Å². The Morgan fingerprint density at radius 2 is 1.87 bits per heavy atom. The van der Waals surface area contributed by atoms with Crippen molar-refractivity contribution in [1.82, 2.24) is 19.9 Å². The van der Waals surface area contributed by atoms with Crippen LogP contribution in [0.1, 0.15) is 28.2 Å². The summed E-state index contributed by atoms with van der Waals surface area (Å²) in [6, 6.07) is 11.2. The van der Waals surface area contributed by atoms with Gasteiger partial charge in [-0.3, -0.25) is 14.5 Å². The van der Waals surface area contributed by atoms with E-state index in [0.29, 0.717) is 43.2 Å². The molecule has 0 atom stereocenters. The number of piperazine rings is 1. The standard InChI is InChI=1S/C21H23N5O3S/c22-20(28)16-5-3-15(4-6-16)14-25-9-11-26(12-10-25)19(27)8-7-18-23-21(24-29-18)17-2-1-13-30-17/h1-6,13H,7-12,14H2,(H2,22,28). The number of aryl methyl sites for hydroxylation is 1. The smallest absolute Gasteiger partial charge is 0.248 e. The van der Waals surface area contributed by atoms with Crippen molar-refractivity contribution in [1.29, 1.82) is 0 Å². The maximum atomic E-state index is 12.5. The summed E-state index contributed by atoms with van der Waals surface area (Å²) in [6.45, 7) is 3.80. The first-order chi connectivity index (χ1) is 14.6. The van der Waals surface area contributed by atoms with Crippen LogP contribution in [-0.4, -0.2) is 57.9 Å². The van der Waals surface area contributed by atoms with Gasteiger partial charge in [-0.15, -0.1) is 11.3 Å². The molecule has 9 heteroatoms. The van der Waals surface area contributed by atoms with Crippen LogP contribution in [-0.2, 0) is 17.8 Å². The van der Waals surface area contributed by atoms with E-state index in [2.05, 4.69) is 15.0 Å². The minimum atomic E-state index is -0.419. The molecule has 3 heterocycles. The highest BCUT2D eigenvalue weighted by atomic mass is 32.1. The number of rotatable bonds is 7. The monoisotopic (exact) mass is 425 g/mol. The van der Waals surface area contributed by atoms with E-state index in [1.807, 2.05) is 34.5 Å². The van der Waals surface area contributed by atoms with Crippen molar-refractivity contribution in [3.05, 3.63) is 58.8 Å². The number of hydrogen-bond donors (Lipinski definition) is 1. The van der Waals surface area contributed by atoms with Crippen LogP contribution in [0.15, 0.2) is 46.3 Å². The maximum Gasteiger partial charge on any atom is 0.248 e. The molecule has 0 aliphatic carbocycles. The molecular formula is C21H23N5O3S. The Balaban J connectivity index is 1.22. The first-order valence-electron chi connectivity index (χ1n) is 9.84. The number of nitrogens with zero attached hydrogens (tertiary/aromatic N) is 4. The molecule has 0 unspecified atom stereocenters. The molecule has 1 aliphatic heterocycles. The summed E-state index contributed by atoms with van der Waals surface area (Å²) >= 11 is 1.55. The lowest BCUT2D eigenvalue weighted by atomic mass is 10.1. The minimum absolute atomic E-state index is 0.108. The van der Waals surface area contributed by atoms with Crippen LogP contribution < -0.4 is 5.73 Å². The molecule has 30 heavy (non-hydrogen) atoms. The van der Waals surface area contributed by atoms with Crippen LogP contribution in [0.2, 0.25) is 0 Å². The molecule has 3 aromatic rings. The van der Waals surface area contributed by atoms with Gasteiger partial charge in [0.1, 0.15) is 0 Å². The quantitative estimate of drug-likeness (QED) is 0.622. The van der Waals surface area contributed by atoms with Crippen molar-refractivity contribution < 1.29 is 14.1 Å². The summed E-state index contributed by atoms with van der Waals surface area (Å²) in [7, 11) is 0. The van der Waals surface area contributed by atoms with Gasteiger partial charge in [0.15, 0.2) is 0 Å². The average Bonchev–Trinajstić information content (AvgIpc) is 3.45. The SMILES string of the molecule is NC(=O)c1ccc(CN2CCN(C(=O)CCc3nc(-c4cccs4)no3)CC2)cc1. The summed E-state index contributed by atoms with van der Waals surface area (Å²) in [4.78, 5) is 33.2. The lowest BCUT2D eigenvalue weighted by Crippen LogP contribution is -2.48. The molecule has 8 nitrogen and oxygen atoms in total. The third kappa shape index (κ3) is 4.92. The molecule has 2 N–H and O–H groups in total. The number of nitrogens with two attached hydrogens (primary N) is 1. The molecule has 156 valence electrons. The summed E-state index contributed by atoms with van der Waals surface area (Å²) in [6.07, 6.45) is 0.810. The third-order valence-electron chi connectivity index (χ3n) is 5.13. The number of primary amides is 1. The summed E-state index contributed by atoms with van der Waals surface area (Å²) in [5.41, 5.74) is 6.91. The highest BCUT2D eigenvalue weighted by molar-refractivity contribution is 7.13. The van der Waals surface area contributed by atoms with Gasteiger partial charge in [0.2, 0.25) is 23.5 Å². The molecular weight excluding hydrogens is 402 g/mol. The van der Waals surface area contributed by atoms with Crippen LogP contribution in [0.25, 0.3) is 10.7 Å². The van der Waals surface area contributed by atoms with E-state index in [1.54, 1.807) is 23.5 Å². The van der Waals surface area contributed by atoms with Crippen molar-refractivity contribution in [2.24, 2.45) is 5.73 Å². The average molecular weight is 426 g/mol. The molecule has 1 fully saturated rings. The van der Waals surface area contributed by atoms with Gasteiger partial charge in [0.05, 0.1) is 4.88 Å². The Hall–Kier alpha value is -3.04. The van der Waals surface area contributed by atoms with Gasteiger partial charge >= 0.3 is 0 Å². The highest BCUT2D eigenvalue weighted by Crippen LogP contribution is 2.21. The van der Waals surface area contributed by atoms with Crippen molar-refractivity contribution in [3.63, 3.8) is 0 Å². The Bertz CT molecular complexity index is 992. The molecule has 1 aliphatic rings. The van der Waals surface area contributed by atoms with Crippen LogP contribution in [0.3, 0.4) is 0 Å². The zero-order valence-corrected chi connectivity index (χ0v) is 17.3. The fourth-order valence-corrected chi connectivity index (χ4v) is 4.07. The normalized spacial score (nSPS) is 14.7. The molecule has 0 radical (unpaired) electrons. The first-order valence-corrected chi connectivity index (χ1v) is 10.7. The number of thiophene rings is 1. The zero-order chi connectivity index (χ0) is 20.9. The largest absolute Gasteiger partial charge is 0.366 e. The Morgan fingerprint density at radius 1 is 1.10 bits per heavy atom. The molecule has 0 spiro atoms. The lowest BCUT2D eigenvalue weighted by Gasteiger charge is -2.34. The minimum Gasteiger partial charge on any atom is -0.366 e. The van der Waals surface area contributed by atoms with Crippen LogP contribution in [0, 0.1) is 0 Å². The fraction of sp³-hybridized carbons (Fsp3) is 0.333. The van der Waals surface area contributed by atoms with Gasteiger partial charge in [-0.1, -0.05) is 23.4 Å². The Kier molecular flexibility index (Phi) is 6.20. The van der Waals surface area contributed by atoms with Crippen molar-refractivity contribution >= 4 is 23.2 Å². The van der Waals surface area contributed by atoms with E-state index in [4.69, 9.17) is 10.3 Å². The topological polar surface area (TPSA) is 106 Å². The second kappa shape index (κ2) is 9.19. The molecule has 2 amide bonds. The van der Waals surface area contributed by atoms with Crippen molar-refractivity contribution in [2.75, 3.05) is 26.2 Å². The maximum absolute atomic E-state index is 12.5. The second-order valence-corrected chi connectivity index (χ2v) is 8.15. The van der Waals surface area contributed by atoms with Gasteiger partial charge in [0, 0.05) is 51.1 Å². The molecule has 1 saturated heterocycles. The number of benzene rings is 1. The predicted molar refractivity (Wildman–Crippen MR) is 113 cm³/mol. The third-order valence-corrected chi connectivity index (χ3v) is 6.00. The number of carbonyl (C=O) groups excluding carboxylic acids is 2. The molecule has 1 aromatic carbocycles. The van der Waals surface area contributed by atoms with E-state index >= 15 is 0 Å². The van der Waals surface area contributed by atoms with Crippen LogP contribution in [0.5, 0.6) is 0 Å². The Morgan fingerprint density at radius 3 is 2.53 bits per heavy atom. The fourth-order valence-electron chi connectivity index (χ4n) is 3.42. The molecule has 4 rings (SSSR count). The van der Waals surface area contributed by atoms with Crippen molar-refractivity contribution in [3.8, 4) is 10.7 Å². The van der Waals surface area contributed by atoms with E-state index < -0.39 is 5.91 Å². The molecule has 2 aromatic heterocycles. The summed E-state index contributed by atoms with van der Waals surface area (Å²) < 4.78 is 5.27.